The van der Waals surface area contributed by atoms with Crippen LogP contribution in [-0.4, -0.2) is 18.7 Å². The third-order valence-electron chi connectivity index (χ3n) is 1.65. The number of nitrogens with one attached hydrogen (secondary N) is 1. The van der Waals surface area contributed by atoms with Crippen LogP contribution < -0.4 is 10.8 Å². The van der Waals surface area contributed by atoms with E-state index in [0.717, 1.165) is 11.2 Å². The van der Waals surface area contributed by atoms with Gasteiger partial charge in [0.25, 0.3) is 0 Å². The Kier molecular flexibility index (Phi) is 2.48. The molecule has 62 valence electrons. The maximum Gasteiger partial charge on any atom is 0.222 e. The first-order chi connectivity index (χ1) is 5.59. The number of pyridine rings is 1. The van der Waals surface area contributed by atoms with Crippen molar-refractivity contribution in [1.29, 1.82) is 0 Å². The van der Waals surface area contributed by atoms with Gasteiger partial charge in [0.1, 0.15) is 13.7 Å². The zero-order valence-electron chi connectivity index (χ0n) is 7.51. The number of rotatable bonds is 1. The Hall–Kier alpha value is -1.32. The number of carbonyl (C=O) groups excluding carboxylic acids is 1. The average Bonchev–Trinajstić information content (AvgIpc) is 1.96. The fourth-order valence-corrected chi connectivity index (χ4v) is 0.881. The highest BCUT2D eigenvalue weighted by Crippen LogP contribution is 2.00. The second-order valence-corrected chi connectivity index (χ2v) is 2.78. The van der Waals surface area contributed by atoms with E-state index in [9.17, 15) is 4.79 Å². The van der Waals surface area contributed by atoms with E-state index in [1.54, 1.807) is 6.07 Å². The molecule has 0 spiro atoms. The summed E-state index contributed by atoms with van der Waals surface area (Å²) in [5.74, 6) is 0.524. The van der Waals surface area contributed by atoms with E-state index in [0.29, 0.717) is 5.82 Å². The van der Waals surface area contributed by atoms with Crippen LogP contribution in [-0.2, 0) is 4.79 Å². The maximum absolute atomic E-state index is 10.7. The fraction of sp³-hybridized carbons (Fsp3) is 0.250. The molecule has 0 saturated heterocycles. The van der Waals surface area contributed by atoms with Crippen LogP contribution >= 0.6 is 0 Å². The highest BCUT2D eigenvalue weighted by atomic mass is 16.1. The minimum Gasteiger partial charge on any atom is -0.311 e. The standard InChI is InChI=1S/C8H11BN2O/c1-5-7(9)3-4-8(10-5)11-6(2)12/h3-4H,9H2,1-2H3,(H,10,11,12). The largest absolute Gasteiger partial charge is 0.311 e. The molecule has 0 saturated carbocycles. The molecule has 0 bridgehead atoms. The van der Waals surface area contributed by atoms with Crippen LogP contribution in [0, 0.1) is 6.92 Å². The van der Waals surface area contributed by atoms with Gasteiger partial charge in [0.05, 0.1) is 0 Å². The van der Waals surface area contributed by atoms with Gasteiger partial charge in [-0.2, -0.15) is 0 Å². The van der Waals surface area contributed by atoms with Crippen LogP contribution in [0.25, 0.3) is 0 Å². The van der Waals surface area contributed by atoms with Crippen LogP contribution in [0.3, 0.4) is 0 Å². The summed E-state index contributed by atoms with van der Waals surface area (Å²) in [7, 11) is 1.99. The van der Waals surface area contributed by atoms with Crippen molar-refractivity contribution in [2.24, 2.45) is 0 Å². The quantitative estimate of drug-likeness (QED) is 0.571. The van der Waals surface area contributed by atoms with Gasteiger partial charge in [0.2, 0.25) is 5.91 Å². The van der Waals surface area contributed by atoms with Crippen LogP contribution in [0.1, 0.15) is 12.6 Å². The van der Waals surface area contributed by atoms with Crippen molar-refractivity contribution >= 4 is 25.0 Å². The lowest BCUT2D eigenvalue weighted by molar-refractivity contribution is -0.114. The van der Waals surface area contributed by atoms with Gasteiger partial charge in [-0.15, -0.1) is 0 Å². The van der Waals surface area contributed by atoms with E-state index in [4.69, 9.17) is 0 Å². The molecule has 1 rings (SSSR count). The molecule has 1 aromatic rings. The van der Waals surface area contributed by atoms with Gasteiger partial charge >= 0.3 is 0 Å². The highest BCUT2D eigenvalue weighted by Gasteiger charge is 1.98. The van der Waals surface area contributed by atoms with Gasteiger partial charge in [-0.1, -0.05) is 11.5 Å². The number of hydrogen-bond donors (Lipinski definition) is 1. The first-order valence-electron chi connectivity index (χ1n) is 3.81. The summed E-state index contributed by atoms with van der Waals surface area (Å²) in [6.45, 7) is 3.39. The Morgan fingerprint density at radius 1 is 1.58 bits per heavy atom. The number of nitrogens with zero attached hydrogens (tertiary/aromatic N) is 1. The highest BCUT2D eigenvalue weighted by molar-refractivity contribution is 6.33. The zero-order valence-corrected chi connectivity index (χ0v) is 7.51. The van der Waals surface area contributed by atoms with Gasteiger partial charge in [0.15, 0.2) is 0 Å². The minimum atomic E-state index is -0.0919. The molecule has 0 radical (unpaired) electrons. The smallest absolute Gasteiger partial charge is 0.222 e. The number of carbonyl (C=O) groups is 1. The molecule has 12 heavy (non-hydrogen) atoms. The summed E-state index contributed by atoms with van der Waals surface area (Å²) < 4.78 is 0. The van der Waals surface area contributed by atoms with Crippen molar-refractivity contribution in [3.05, 3.63) is 17.8 Å². The lowest BCUT2D eigenvalue weighted by Crippen LogP contribution is -2.13. The van der Waals surface area contributed by atoms with Crippen LogP contribution in [0.2, 0.25) is 0 Å². The van der Waals surface area contributed by atoms with Crippen molar-refractivity contribution in [2.75, 3.05) is 5.32 Å². The Morgan fingerprint density at radius 2 is 2.25 bits per heavy atom. The summed E-state index contributed by atoms with van der Waals surface area (Å²) in [5, 5.41) is 2.62. The summed E-state index contributed by atoms with van der Waals surface area (Å²) in [6.07, 6.45) is 0. The van der Waals surface area contributed by atoms with Gasteiger partial charge in [-0.3, -0.25) is 4.79 Å². The fourth-order valence-electron chi connectivity index (χ4n) is 0.881. The predicted molar refractivity (Wildman–Crippen MR) is 51.5 cm³/mol. The lowest BCUT2D eigenvalue weighted by Gasteiger charge is -2.03. The van der Waals surface area contributed by atoms with E-state index in [-0.39, 0.29) is 5.91 Å². The van der Waals surface area contributed by atoms with Gasteiger partial charge in [0, 0.05) is 12.6 Å². The van der Waals surface area contributed by atoms with E-state index in [1.807, 2.05) is 20.8 Å². The molecular formula is C8H11BN2O. The van der Waals surface area contributed by atoms with Crippen molar-refractivity contribution in [2.45, 2.75) is 13.8 Å². The molecule has 1 heterocycles. The summed E-state index contributed by atoms with van der Waals surface area (Å²) in [4.78, 5) is 14.8. The van der Waals surface area contributed by atoms with Crippen molar-refractivity contribution in [3.8, 4) is 0 Å². The number of aryl methyl sites for hydroxylation is 1. The Bertz CT molecular complexity index is 312. The zero-order chi connectivity index (χ0) is 9.14. The molecule has 1 amide bonds. The monoisotopic (exact) mass is 162 g/mol. The molecule has 1 N–H and O–H groups in total. The summed E-state index contributed by atoms with van der Waals surface area (Å²) in [6, 6.07) is 3.73. The van der Waals surface area contributed by atoms with E-state index < -0.39 is 0 Å². The second-order valence-electron chi connectivity index (χ2n) is 2.78. The van der Waals surface area contributed by atoms with Gasteiger partial charge in [-0.25, -0.2) is 4.98 Å². The Balaban J connectivity index is 2.89. The Morgan fingerprint density at radius 3 is 2.75 bits per heavy atom. The molecule has 3 nitrogen and oxygen atoms in total. The van der Waals surface area contributed by atoms with Gasteiger partial charge < -0.3 is 5.32 Å². The summed E-state index contributed by atoms with van der Waals surface area (Å²) in [5.41, 5.74) is 2.07. The average molecular weight is 162 g/mol. The summed E-state index contributed by atoms with van der Waals surface area (Å²) >= 11 is 0. The number of hydrogen-bond acceptors (Lipinski definition) is 2. The molecule has 0 fully saturated rings. The molecule has 1 aromatic heterocycles. The van der Waals surface area contributed by atoms with E-state index in [2.05, 4.69) is 10.3 Å². The molecule has 0 aliphatic carbocycles. The third-order valence-corrected chi connectivity index (χ3v) is 1.65. The second kappa shape index (κ2) is 3.39. The normalized spacial score (nSPS) is 9.50. The van der Waals surface area contributed by atoms with Crippen molar-refractivity contribution < 1.29 is 4.79 Å². The maximum atomic E-state index is 10.7. The van der Waals surface area contributed by atoms with Crippen LogP contribution in [0.4, 0.5) is 5.82 Å². The SMILES string of the molecule is Bc1ccc(NC(C)=O)nc1C. The van der Waals surface area contributed by atoms with E-state index >= 15 is 0 Å². The molecule has 4 heteroatoms. The topological polar surface area (TPSA) is 42.0 Å². The van der Waals surface area contributed by atoms with Gasteiger partial charge in [-0.05, 0) is 13.0 Å². The van der Waals surface area contributed by atoms with Crippen molar-refractivity contribution in [3.63, 3.8) is 0 Å². The number of aromatic nitrogens is 1. The predicted octanol–water partition coefficient (Wildman–Crippen LogP) is -0.393. The third kappa shape index (κ3) is 2.08. The Labute approximate surface area is 72.6 Å². The van der Waals surface area contributed by atoms with E-state index in [1.165, 1.54) is 6.92 Å². The molecule has 0 aliphatic rings. The molecule has 0 aromatic carbocycles. The molecule has 0 atom stereocenters. The first kappa shape index (κ1) is 8.78. The molecular weight excluding hydrogens is 151 g/mol. The lowest BCUT2D eigenvalue weighted by atomic mass is 9.95. The first-order valence-corrected chi connectivity index (χ1v) is 3.81. The van der Waals surface area contributed by atoms with Crippen LogP contribution in [0.15, 0.2) is 12.1 Å². The number of anilines is 1. The molecule has 0 aliphatic heterocycles. The number of amides is 1. The van der Waals surface area contributed by atoms with Crippen LogP contribution in [0.5, 0.6) is 0 Å². The minimum absolute atomic E-state index is 0.0919. The van der Waals surface area contributed by atoms with Crippen molar-refractivity contribution in [1.82, 2.24) is 4.98 Å². The molecule has 0 unspecified atom stereocenters.